The van der Waals surface area contributed by atoms with E-state index in [0.29, 0.717) is 0 Å². The van der Waals surface area contributed by atoms with Gasteiger partial charge in [0.2, 0.25) is 0 Å². The van der Waals surface area contributed by atoms with Crippen molar-refractivity contribution in [1.29, 1.82) is 0 Å². The average Bonchev–Trinajstić information content (AvgIpc) is 3.09. The highest BCUT2D eigenvalue weighted by Crippen LogP contribution is 2.61. The van der Waals surface area contributed by atoms with Gasteiger partial charge >= 0.3 is 24.3 Å². The lowest BCUT2D eigenvalue weighted by Gasteiger charge is -2.20. The van der Waals surface area contributed by atoms with Gasteiger partial charge in [0, 0.05) is 0 Å². The Balaban J connectivity index is 2.08. The Labute approximate surface area is 102 Å². The second-order valence-electron chi connectivity index (χ2n) is 4.84. The zero-order chi connectivity index (χ0) is 14.7. The normalized spacial score (nSPS) is 23.7. The Bertz CT molecular complexity index is 388. The molecular weight excluding hydrogens is 282 g/mol. The summed E-state index contributed by atoms with van der Waals surface area (Å²) in [5.41, 5.74) is -5.60. The van der Waals surface area contributed by atoms with Crippen LogP contribution in [0.5, 0.6) is 0 Å². The largest absolute Gasteiger partial charge is 0.404 e. The monoisotopic (exact) mass is 290 g/mol. The number of rotatable bonds is 2. The molecule has 0 amide bonds. The molecule has 0 aliphatic heterocycles. The van der Waals surface area contributed by atoms with Crippen LogP contribution in [-0.4, -0.2) is 24.3 Å². The maximum Gasteiger partial charge on any atom is 0.404 e. The predicted octanol–water partition coefficient (Wildman–Crippen LogP) is 2.74. The summed E-state index contributed by atoms with van der Waals surface area (Å²) >= 11 is 0. The molecular formula is C10H8F6O3. The Morgan fingerprint density at radius 2 is 1.00 bits per heavy atom. The summed E-state index contributed by atoms with van der Waals surface area (Å²) < 4.78 is 78.9. The first-order valence-corrected chi connectivity index (χ1v) is 5.36. The third-order valence-corrected chi connectivity index (χ3v) is 3.55. The van der Waals surface area contributed by atoms with E-state index in [-0.39, 0.29) is 0 Å². The molecule has 19 heavy (non-hydrogen) atoms. The number of hydrogen-bond donors (Lipinski definition) is 0. The van der Waals surface area contributed by atoms with Crippen LogP contribution in [0.15, 0.2) is 0 Å². The van der Waals surface area contributed by atoms with Crippen LogP contribution in [0.2, 0.25) is 0 Å². The fourth-order valence-corrected chi connectivity index (χ4v) is 1.74. The minimum atomic E-state index is -4.92. The van der Waals surface area contributed by atoms with Crippen molar-refractivity contribution in [2.75, 3.05) is 0 Å². The van der Waals surface area contributed by atoms with E-state index in [0.717, 1.165) is 0 Å². The number of alkyl halides is 6. The van der Waals surface area contributed by atoms with Crippen molar-refractivity contribution >= 4 is 11.9 Å². The van der Waals surface area contributed by atoms with E-state index in [1.807, 2.05) is 0 Å². The van der Waals surface area contributed by atoms with E-state index < -0.39 is 60.8 Å². The molecule has 2 fully saturated rings. The maximum absolute atomic E-state index is 12.5. The van der Waals surface area contributed by atoms with Crippen molar-refractivity contribution in [2.45, 2.75) is 38.0 Å². The number of carbonyl (C=O) groups is 2. The minimum absolute atomic E-state index is 0.568. The maximum atomic E-state index is 12.5. The molecule has 2 aliphatic rings. The topological polar surface area (TPSA) is 43.4 Å². The van der Waals surface area contributed by atoms with Gasteiger partial charge in [0.25, 0.3) is 0 Å². The average molecular weight is 290 g/mol. The van der Waals surface area contributed by atoms with E-state index in [2.05, 4.69) is 4.74 Å². The molecule has 0 bridgehead atoms. The molecule has 0 aromatic rings. The molecule has 3 nitrogen and oxygen atoms in total. The smallest absolute Gasteiger partial charge is 0.392 e. The Morgan fingerprint density at radius 3 is 1.16 bits per heavy atom. The second kappa shape index (κ2) is 3.63. The molecule has 0 saturated heterocycles. The van der Waals surface area contributed by atoms with E-state index in [1.54, 1.807) is 0 Å². The van der Waals surface area contributed by atoms with Crippen LogP contribution in [0.1, 0.15) is 25.7 Å². The molecule has 108 valence electrons. The first kappa shape index (κ1) is 14.1. The summed E-state index contributed by atoms with van der Waals surface area (Å²) in [5, 5.41) is 0. The van der Waals surface area contributed by atoms with Crippen molar-refractivity contribution in [3.8, 4) is 0 Å². The van der Waals surface area contributed by atoms with Crippen LogP contribution in [-0.2, 0) is 14.3 Å². The van der Waals surface area contributed by atoms with Gasteiger partial charge in [-0.1, -0.05) is 0 Å². The Hall–Kier alpha value is -1.28. The summed E-state index contributed by atoms with van der Waals surface area (Å²) in [5.74, 6) is -3.86. The highest BCUT2D eigenvalue weighted by Gasteiger charge is 2.73. The fourth-order valence-electron chi connectivity index (χ4n) is 1.74. The van der Waals surface area contributed by atoms with Gasteiger partial charge in [-0.15, -0.1) is 0 Å². The minimum Gasteiger partial charge on any atom is -0.392 e. The van der Waals surface area contributed by atoms with Crippen molar-refractivity contribution in [3.63, 3.8) is 0 Å². The zero-order valence-corrected chi connectivity index (χ0v) is 9.32. The third kappa shape index (κ3) is 1.99. The summed E-state index contributed by atoms with van der Waals surface area (Å²) in [7, 11) is 0. The standard InChI is InChI=1S/C10H8F6O3/c11-9(12,13)7(1-2-7)5(17)19-6(18)8(3-4-8)10(14,15)16/h1-4H2. The predicted molar refractivity (Wildman–Crippen MR) is 46.5 cm³/mol. The molecule has 0 N–H and O–H groups in total. The van der Waals surface area contributed by atoms with Crippen LogP contribution in [0.4, 0.5) is 26.3 Å². The number of esters is 2. The molecule has 0 heterocycles. The molecule has 0 atom stereocenters. The lowest BCUT2D eigenvalue weighted by Crippen LogP contribution is -2.40. The first-order valence-electron chi connectivity index (χ1n) is 5.36. The van der Waals surface area contributed by atoms with Gasteiger partial charge in [-0.05, 0) is 25.7 Å². The van der Waals surface area contributed by atoms with Crippen LogP contribution in [0.25, 0.3) is 0 Å². The molecule has 0 aromatic carbocycles. The molecule has 2 saturated carbocycles. The van der Waals surface area contributed by atoms with E-state index in [1.165, 1.54) is 0 Å². The summed E-state index contributed by atoms with van der Waals surface area (Å²) in [6, 6.07) is 0. The Morgan fingerprint density at radius 1 is 0.737 bits per heavy atom. The third-order valence-electron chi connectivity index (χ3n) is 3.55. The lowest BCUT2D eigenvalue weighted by atomic mass is 10.1. The molecule has 0 radical (unpaired) electrons. The molecule has 2 rings (SSSR count). The number of halogens is 6. The summed E-state index contributed by atoms with van der Waals surface area (Å²) in [6.45, 7) is 0. The van der Waals surface area contributed by atoms with Gasteiger partial charge in [-0.2, -0.15) is 26.3 Å². The summed E-state index contributed by atoms with van der Waals surface area (Å²) in [6.07, 6.45) is -12.1. The van der Waals surface area contributed by atoms with Crippen molar-refractivity contribution in [3.05, 3.63) is 0 Å². The van der Waals surface area contributed by atoms with Gasteiger partial charge in [0.05, 0.1) is 0 Å². The van der Waals surface area contributed by atoms with Crippen LogP contribution in [0, 0.1) is 10.8 Å². The van der Waals surface area contributed by atoms with E-state index in [9.17, 15) is 35.9 Å². The summed E-state index contributed by atoms with van der Waals surface area (Å²) in [4.78, 5) is 22.5. The highest BCUT2D eigenvalue weighted by atomic mass is 19.4. The van der Waals surface area contributed by atoms with Gasteiger partial charge < -0.3 is 4.74 Å². The number of ether oxygens (including phenoxy) is 1. The number of hydrogen-bond acceptors (Lipinski definition) is 3. The molecule has 0 unspecified atom stereocenters. The zero-order valence-electron chi connectivity index (χ0n) is 9.32. The van der Waals surface area contributed by atoms with Crippen LogP contribution < -0.4 is 0 Å². The molecule has 0 spiro atoms. The van der Waals surface area contributed by atoms with Crippen LogP contribution in [0.3, 0.4) is 0 Å². The Kier molecular flexibility index (Phi) is 2.70. The van der Waals surface area contributed by atoms with Crippen molar-refractivity contribution < 1.29 is 40.7 Å². The van der Waals surface area contributed by atoms with Crippen molar-refractivity contribution in [2.24, 2.45) is 10.8 Å². The fraction of sp³-hybridized carbons (Fsp3) is 0.800. The molecule has 2 aliphatic carbocycles. The van der Waals surface area contributed by atoms with Gasteiger partial charge in [-0.3, -0.25) is 9.59 Å². The van der Waals surface area contributed by atoms with Gasteiger partial charge in [0.15, 0.2) is 10.8 Å². The molecule has 0 aromatic heterocycles. The highest BCUT2D eigenvalue weighted by molar-refractivity contribution is 5.94. The molecule has 9 heteroatoms. The van der Waals surface area contributed by atoms with Crippen LogP contribution >= 0.6 is 0 Å². The van der Waals surface area contributed by atoms with Gasteiger partial charge in [-0.25, -0.2) is 0 Å². The SMILES string of the molecule is O=C(OC(=O)C1(C(F)(F)F)CC1)C1(C(F)(F)F)CC1. The lowest BCUT2D eigenvalue weighted by molar-refractivity contribution is -0.219. The van der Waals surface area contributed by atoms with Gasteiger partial charge in [0.1, 0.15) is 0 Å². The quantitative estimate of drug-likeness (QED) is 0.446. The first-order chi connectivity index (χ1) is 8.46. The van der Waals surface area contributed by atoms with Crippen molar-refractivity contribution in [1.82, 2.24) is 0 Å². The second-order valence-corrected chi connectivity index (χ2v) is 4.84. The van der Waals surface area contributed by atoms with E-state index in [4.69, 9.17) is 0 Å². The number of carbonyl (C=O) groups excluding carboxylic acids is 2. The van der Waals surface area contributed by atoms with E-state index >= 15 is 0 Å².